The van der Waals surface area contributed by atoms with Crippen molar-refractivity contribution >= 4 is 23.5 Å². The van der Waals surface area contributed by atoms with Crippen LogP contribution in [0.4, 0.5) is 0 Å². The maximum Gasteiger partial charge on any atom is 0.306 e. The number of carboxylic acid groups (broad SMARTS) is 1. The van der Waals surface area contributed by atoms with E-state index in [1.807, 2.05) is 0 Å². The molecule has 4 fully saturated rings. The van der Waals surface area contributed by atoms with E-state index in [9.17, 15) is 19.2 Å². The van der Waals surface area contributed by atoms with Gasteiger partial charge in [-0.2, -0.15) is 0 Å². The molecule has 4 rings (SSSR count). The number of carbonyl (C=O) groups is 4. The van der Waals surface area contributed by atoms with E-state index >= 15 is 0 Å². The highest BCUT2D eigenvalue weighted by Crippen LogP contribution is 2.67. The first-order valence-corrected chi connectivity index (χ1v) is 12.1. The number of hydrogen-bond donors (Lipinski definition) is 1. The van der Waals surface area contributed by atoms with Crippen molar-refractivity contribution in [1.82, 2.24) is 0 Å². The van der Waals surface area contributed by atoms with Crippen LogP contribution in [-0.4, -0.2) is 35.2 Å². The van der Waals surface area contributed by atoms with Crippen LogP contribution in [0.5, 0.6) is 0 Å². The van der Waals surface area contributed by atoms with Crippen LogP contribution in [-0.2, 0) is 23.9 Å². The number of Topliss-reactive ketones (excluding diaryl/α,β-unsaturated/α-hetero) is 2. The number of aliphatic carboxylic acids is 1. The van der Waals surface area contributed by atoms with E-state index < -0.39 is 11.9 Å². The minimum absolute atomic E-state index is 0.00437. The molecule has 0 aromatic heterocycles. The molecule has 7 atom stereocenters. The fourth-order valence-corrected chi connectivity index (χ4v) is 8.11. The van der Waals surface area contributed by atoms with Gasteiger partial charge in [-0.1, -0.05) is 13.8 Å². The standard InChI is InChI=1S/C25H36O6/c1-24-11-9-16(26)13-15(24)3-4-17-18-5-6-20(25(18,2)12-10-19(17)24)21(27)14-31-23(30)8-7-22(28)29/h15,17-20H,3-14H2,1-2H3,(H,28,29)/t15-,17-,18+,19-,20+,24-,25-/m0/s1. The molecule has 0 saturated heterocycles. The van der Waals surface area contributed by atoms with Gasteiger partial charge in [0.15, 0.2) is 5.78 Å². The second-order valence-corrected chi connectivity index (χ2v) is 11.1. The first-order valence-electron chi connectivity index (χ1n) is 12.1. The van der Waals surface area contributed by atoms with Crippen LogP contribution in [0, 0.1) is 40.4 Å². The van der Waals surface area contributed by atoms with Gasteiger partial charge in [0.1, 0.15) is 12.4 Å². The van der Waals surface area contributed by atoms with Crippen molar-refractivity contribution in [2.75, 3.05) is 6.61 Å². The van der Waals surface area contributed by atoms with Crippen molar-refractivity contribution in [3.63, 3.8) is 0 Å². The number of fused-ring (bicyclic) bond motifs is 5. The predicted molar refractivity (Wildman–Crippen MR) is 113 cm³/mol. The SMILES string of the molecule is C[C@]12CCC(=O)C[C@@H]1CC[C@H]1[C@H]3CC[C@H](C(=O)COC(=O)CCC(=O)O)[C@@]3(C)CC[C@@H]12. The van der Waals surface area contributed by atoms with Crippen LogP contribution in [0.3, 0.4) is 0 Å². The van der Waals surface area contributed by atoms with E-state index in [1.165, 1.54) is 6.42 Å². The summed E-state index contributed by atoms with van der Waals surface area (Å²) in [6.45, 7) is 4.47. The zero-order chi connectivity index (χ0) is 22.4. The molecule has 0 spiro atoms. The topological polar surface area (TPSA) is 97.7 Å². The maximum atomic E-state index is 13.0. The largest absolute Gasteiger partial charge is 0.481 e. The van der Waals surface area contributed by atoms with Crippen LogP contribution in [0.2, 0.25) is 0 Å². The molecule has 0 amide bonds. The molecule has 0 bridgehead atoms. The third-order valence-electron chi connectivity index (χ3n) is 9.79. The van der Waals surface area contributed by atoms with Crippen LogP contribution in [0.25, 0.3) is 0 Å². The molecule has 4 saturated carbocycles. The third-order valence-corrected chi connectivity index (χ3v) is 9.79. The highest BCUT2D eigenvalue weighted by atomic mass is 16.5. The van der Waals surface area contributed by atoms with Gasteiger partial charge < -0.3 is 9.84 Å². The quantitative estimate of drug-likeness (QED) is 0.632. The summed E-state index contributed by atoms with van der Waals surface area (Å²) >= 11 is 0. The Labute approximate surface area is 184 Å². The molecule has 31 heavy (non-hydrogen) atoms. The van der Waals surface area contributed by atoms with Crippen LogP contribution >= 0.6 is 0 Å². The minimum Gasteiger partial charge on any atom is -0.481 e. The summed E-state index contributed by atoms with van der Waals surface area (Å²) in [5.41, 5.74) is 0.222. The molecule has 0 aromatic carbocycles. The molecule has 6 nitrogen and oxygen atoms in total. The van der Waals surface area contributed by atoms with Gasteiger partial charge in [-0.05, 0) is 79.4 Å². The van der Waals surface area contributed by atoms with E-state index in [0.29, 0.717) is 29.5 Å². The fourth-order valence-electron chi connectivity index (χ4n) is 8.11. The molecule has 1 N–H and O–H groups in total. The van der Waals surface area contributed by atoms with Crippen LogP contribution in [0.1, 0.15) is 84.5 Å². The highest BCUT2D eigenvalue weighted by Gasteiger charge is 2.61. The van der Waals surface area contributed by atoms with Gasteiger partial charge in [0.25, 0.3) is 0 Å². The average molecular weight is 433 g/mol. The second-order valence-electron chi connectivity index (χ2n) is 11.1. The molecule has 0 unspecified atom stereocenters. The molecule has 0 aliphatic heterocycles. The van der Waals surface area contributed by atoms with Crippen LogP contribution < -0.4 is 0 Å². The average Bonchev–Trinajstić information content (AvgIpc) is 3.08. The van der Waals surface area contributed by atoms with E-state index in [1.54, 1.807) is 0 Å². The molecule has 4 aliphatic rings. The number of carbonyl (C=O) groups excluding carboxylic acids is 3. The lowest BCUT2D eigenvalue weighted by Crippen LogP contribution is -2.54. The number of ether oxygens (including phenoxy) is 1. The van der Waals surface area contributed by atoms with Gasteiger partial charge in [0.05, 0.1) is 12.8 Å². The fraction of sp³-hybridized carbons (Fsp3) is 0.840. The monoisotopic (exact) mass is 432 g/mol. The van der Waals surface area contributed by atoms with Crippen molar-refractivity contribution in [2.24, 2.45) is 40.4 Å². The van der Waals surface area contributed by atoms with Crippen LogP contribution in [0.15, 0.2) is 0 Å². The van der Waals surface area contributed by atoms with Crippen molar-refractivity contribution in [3.05, 3.63) is 0 Å². The lowest BCUT2D eigenvalue weighted by molar-refractivity contribution is -0.154. The smallest absolute Gasteiger partial charge is 0.306 e. The van der Waals surface area contributed by atoms with Crippen molar-refractivity contribution in [1.29, 1.82) is 0 Å². The number of rotatable bonds is 6. The Morgan fingerprint density at radius 1 is 0.968 bits per heavy atom. The second kappa shape index (κ2) is 8.32. The molecule has 0 aromatic rings. The summed E-state index contributed by atoms with van der Waals surface area (Å²) in [7, 11) is 0. The van der Waals surface area contributed by atoms with E-state index in [-0.39, 0.29) is 42.0 Å². The predicted octanol–water partition coefficient (Wildman–Crippen LogP) is 4.19. The maximum absolute atomic E-state index is 13.0. The van der Waals surface area contributed by atoms with Crippen molar-refractivity contribution in [2.45, 2.75) is 84.5 Å². The van der Waals surface area contributed by atoms with Gasteiger partial charge in [-0.15, -0.1) is 0 Å². The molecule has 6 heteroatoms. The summed E-state index contributed by atoms with van der Waals surface area (Å²) < 4.78 is 5.11. The highest BCUT2D eigenvalue weighted by molar-refractivity contribution is 5.86. The number of hydrogen-bond acceptors (Lipinski definition) is 5. The Bertz CT molecular complexity index is 774. The molecule has 4 aliphatic carbocycles. The number of ketones is 2. The van der Waals surface area contributed by atoms with Crippen molar-refractivity contribution in [3.8, 4) is 0 Å². The van der Waals surface area contributed by atoms with Gasteiger partial charge in [-0.3, -0.25) is 19.2 Å². The van der Waals surface area contributed by atoms with Gasteiger partial charge in [0, 0.05) is 18.8 Å². The summed E-state index contributed by atoms with van der Waals surface area (Å²) in [5, 5.41) is 8.68. The molecule has 0 heterocycles. The molecule has 0 radical (unpaired) electrons. The number of esters is 1. The van der Waals surface area contributed by atoms with E-state index in [4.69, 9.17) is 9.84 Å². The minimum atomic E-state index is -1.04. The summed E-state index contributed by atoms with van der Waals surface area (Å²) in [4.78, 5) is 47.4. The summed E-state index contributed by atoms with van der Waals surface area (Å²) in [6, 6.07) is 0. The lowest BCUT2D eigenvalue weighted by atomic mass is 9.44. The van der Waals surface area contributed by atoms with E-state index in [2.05, 4.69) is 13.8 Å². The normalized spacial score (nSPS) is 41.6. The Hall–Kier alpha value is -1.72. The third kappa shape index (κ3) is 3.95. The first-order chi connectivity index (χ1) is 14.6. The Morgan fingerprint density at radius 3 is 2.45 bits per heavy atom. The molecular weight excluding hydrogens is 396 g/mol. The summed E-state index contributed by atoms with van der Waals surface area (Å²) in [6.07, 6.45) is 8.41. The van der Waals surface area contributed by atoms with Crippen molar-refractivity contribution < 1.29 is 29.0 Å². The molecule has 172 valence electrons. The van der Waals surface area contributed by atoms with Gasteiger partial charge >= 0.3 is 11.9 Å². The Balaban J connectivity index is 1.41. The first kappa shape index (κ1) is 22.5. The van der Waals surface area contributed by atoms with E-state index in [0.717, 1.165) is 51.4 Å². The Morgan fingerprint density at radius 2 is 1.71 bits per heavy atom. The van der Waals surface area contributed by atoms with Gasteiger partial charge in [-0.25, -0.2) is 0 Å². The molecular formula is C25H36O6. The number of carboxylic acids is 1. The van der Waals surface area contributed by atoms with Gasteiger partial charge in [0.2, 0.25) is 0 Å². The lowest BCUT2D eigenvalue weighted by Gasteiger charge is -2.60. The Kier molecular flexibility index (Phi) is 6.04. The summed E-state index contributed by atoms with van der Waals surface area (Å²) in [5.74, 6) is 1.03. The zero-order valence-electron chi connectivity index (χ0n) is 18.9. The zero-order valence-corrected chi connectivity index (χ0v) is 18.9.